The van der Waals surface area contributed by atoms with Gasteiger partial charge in [-0.15, -0.1) is 10.2 Å². The van der Waals surface area contributed by atoms with Crippen molar-refractivity contribution < 1.29 is 4.79 Å². The van der Waals surface area contributed by atoms with Crippen molar-refractivity contribution in [1.29, 1.82) is 5.26 Å². The summed E-state index contributed by atoms with van der Waals surface area (Å²) in [4.78, 5) is 11.8. The second-order valence-corrected chi connectivity index (χ2v) is 5.53. The fourth-order valence-corrected chi connectivity index (χ4v) is 2.36. The molecule has 0 atom stereocenters. The number of carbonyl (C=O) groups excluding carboxylic acids is 1. The van der Waals surface area contributed by atoms with Gasteiger partial charge in [-0.2, -0.15) is 5.26 Å². The minimum Gasteiger partial charge on any atom is -0.319 e. The van der Waals surface area contributed by atoms with E-state index in [1.54, 1.807) is 18.2 Å². The molecule has 1 aromatic carbocycles. The van der Waals surface area contributed by atoms with E-state index in [1.165, 1.54) is 0 Å². The first-order valence-electron chi connectivity index (χ1n) is 4.60. The third-order valence-corrected chi connectivity index (χ3v) is 3.61. The van der Waals surface area contributed by atoms with Gasteiger partial charge in [-0.05, 0) is 45.7 Å². The molecule has 0 saturated carbocycles. The van der Waals surface area contributed by atoms with Gasteiger partial charge in [-0.25, -0.2) is 0 Å². The molecule has 2 rings (SSSR count). The fourth-order valence-electron chi connectivity index (χ4n) is 1.16. The Morgan fingerprint density at radius 2 is 2.28 bits per heavy atom. The van der Waals surface area contributed by atoms with Crippen LogP contribution in [0.3, 0.4) is 0 Å². The van der Waals surface area contributed by atoms with Gasteiger partial charge in [-0.1, -0.05) is 11.3 Å². The van der Waals surface area contributed by atoms with Gasteiger partial charge < -0.3 is 5.32 Å². The first-order chi connectivity index (χ1) is 8.60. The van der Waals surface area contributed by atoms with Crippen LogP contribution in [0.2, 0.25) is 4.47 Å². The van der Waals surface area contributed by atoms with Crippen LogP contribution in [0.4, 0.5) is 5.69 Å². The van der Waals surface area contributed by atoms with E-state index in [0.29, 0.717) is 15.7 Å². The lowest BCUT2D eigenvalue weighted by atomic mass is 10.2. The van der Waals surface area contributed by atoms with Crippen LogP contribution in [0.1, 0.15) is 15.4 Å². The standard InChI is InChI=1S/C10H4BrClN4OS/c11-6-3-5(4-13)1-2-7(6)14-8(17)9-15-16-10(12)18-9/h1-3H,(H,14,17). The Hall–Kier alpha value is -1.49. The Bertz CT molecular complexity index is 652. The quantitative estimate of drug-likeness (QED) is 0.909. The summed E-state index contributed by atoms with van der Waals surface area (Å²) >= 11 is 9.86. The number of carbonyl (C=O) groups is 1. The van der Waals surface area contributed by atoms with E-state index >= 15 is 0 Å². The zero-order valence-electron chi connectivity index (χ0n) is 8.65. The summed E-state index contributed by atoms with van der Waals surface area (Å²) in [5.41, 5.74) is 1.05. The van der Waals surface area contributed by atoms with Gasteiger partial charge in [0.1, 0.15) is 0 Å². The molecular formula is C10H4BrClN4OS. The molecule has 0 aliphatic carbocycles. The summed E-state index contributed by atoms with van der Waals surface area (Å²) in [6.45, 7) is 0. The normalized spacial score (nSPS) is 9.83. The highest BCUT2D eigenvalue weighted by Gasteiger charge is 2.13. The molecule has 0 saturated heterocycles. The summed E-state index contributed by atoms with van der Waals surface area (Å²) in [6, 6.07) is 6.85. The molecule has 0 radical (unpaired) electrons. The molecule has 0 aliphatic rings. The van der Waals surface area contributed by atoms with Crippen LogP contribution in [0.15, 0.2) is 22.7 Å². The average molecular weight is 344 g/mol. The van der Waals surface area contributed by atoms with Crippen molar-refractivity contribution in [3.05, 3.63) is 37.7 Å². The van der Waals surface area contributed by atoms with Gasteiger partial charge in [0, 0.05) is 4.47 Å². The summed E-state index contributed by atoms with van der Waals surface area (Å²) in [6.07, 6.45) is 0. The summed E-state index contributed by atoms with van der Waals surface area (Å²) in [5, 5.41) is 18.7. The minimum absolute atomic E-state index is 0.177. The van der Waals surface area contributed by atoms with Crippen molar-refractivity contribution in [3.8, 4) is 6.07 Å². The number of benzene rings is 1. The molecule has 0 fully saturated rings. The maximum Gasteiger partial charge on any atom is 0.286 e. The molecule has 18 heavy (non-hydrogen) atoms. The lowest BCUT2D eigenvalue weighted by Crippen LogP contribution is -2.12. The van der Waals surface area contributed by atoms with Crippen LogP contribution in [0.25, 0.3) is 0 Å². The highest BCUT2D eigenvalue weighted by Crippen LogP contribution is 2.24. The van der Waals surface area contributed by atoms with E-state index < -0.39 is 5.91 Å². The fraction of sp³-hybridized carbons (Fsp3) is 0. The zero-order chi connectivity index (χ0) is 13.1. The van der Waals surface area contributed by atoms with Crippen LogP contribution in [0.5, 0.6) is 0 Å². The molecule has 0 unspecified atom stereocenters. The van der Waals surface area contributed by atoms with E-state index in [4.69, 9.17) is 16.9 Å². The topological polar surface area (TPSA) is 78.7 Å². The smallest absolute Gasteiger partial charge is 0.286 e. The molecule has 5 nitrogen and oxygen atoms in total. The van der Waals surface area contributed by atoms with Crippen LogP contribution < -0.4 is 5.32 Å². The van der Waals surface area contributed by atoms with Gasteiger partial charge in [0.15, 0.2) is 0 Å². The van der Waals surface area contributed by atoms with Crippen LogP contribution in [0, 0.1) is 11.3 Å². The molecule has 8 heteroatoms. The van der Waals surface area contributed by atoms with E-state index in [1.807, 2.05) is 6.07 Å². The van der Waals surface area contributed by atoms with E-state index in [2.05, 4.69) is 31.4 Å². The molecule has 2 aromatic rings. The number of aromatic nitrogens is 2. The van der Waals surface area contributed by atoms with Gasteiger partial charge in [0.05, 0.1) is 17.3 Å². The van der Waals surface area contributed by atoms with Gasteiger partial charge in [0.25, 0.3) is 5.91 Å². The average Bonchev–Trinajstić information content (AvgIpc) is 2.78. The minimum atomic E-state index is -0.398. The first-order valence-corrected chi connectivity index (χ1v) is 6.59. The number of hydrogen-bond acceptors (Lipinski definition) is 5. The number of hydrogen-bond donors (Lipinski definition) is 1. The van der Waals surface area contributed by atoms with E-state index in [0.717, 1.165) is 11.3 Å². The van der Waals surface area contributed by atoms with Gasteiger partial charge >= 0.3 is 0 Å². The molecule has 1 N–H and O–H groups in total. The monoisotopic (exact) mass is 342 g/mol. The molecule has 1 heterocycles. The lowest BCUT2D eigenvalue weighted by Gasteiger charge is -2.05. The number of anilines is 1. The third-order valence-electron chi connectivity index (χ3n) is 1.94. The number of amides is 1. The number of rotatable bonds is 2. The largest absolute Gasteiger partial charge is 0.319 e. The van der Waals surface area contributed by atoms with Crippen molar-refractivity contribution in [1.82, 2.24) is 10.2 Å². The Labute approximate surface area is 120 Å². The highest BCUT2D eigenvalue weighted by molar-refractivity contribution is 9.10. The summed E-state index contributed by atoms with van der Waals surface area (Å²) < 4.78 is 0.824. The van der Waals surface area contributed by atoms with Crippen LogP contribution in [-0.2, 0) is 0 Å². The molecule has 1 aromatic heterocycles. The van der Waals surface area contributed by atoms with Crippen molar-refractivity contribution >= 4 is 50.5 Å². The van der Waals surface area contributed by atoms with Crippen molar-refractivity contribution in [2.24, 2.45) is 0 Å². The summed E-state index contributed by atoms with van der Waals surface area (Å²) in [7, 11) is 0. The predicted molar refractivity (Wildman–Crippen MR) is 71.7 cm³/mol. The maximum absolute atomic E-state index is 11.8. The predicted octanol–water partition coefficient (Wildman–Crippen LogP) is 3.08. The molecule has 0 aliphatic heterocycles. The third kappa shape index (κ3) is 2.85. The Morgan fingerprint density at radius 3 is 2.83 bits per heavy atom. The second kappa shape index (κ2) is 5.44. The van der Waals surface area contributed by atoms with E-state index in [9.17, 15) is 4.79 Å². The second-order valence-electron chi connectivity index (χ2n) is 3.12. The number of nitrogens with zero attached hydrogens (tertiary/aromatic N) is 3. The van der Waals surface area contributed by atoms with Crippen LogP contribution in [-0.4, -0.2) is 16.1 Å². The Balaban J connectivity index is 2.20. The summed E-state index contributed by atoms with van der Waals surface area (Å²) in [5.74, 6) is -0.398. The zero-order valence-corrected chi connectivity index (χ0v) is 11.8. The molecule has 0 bridgehead atoms. The van der Waals surface area contributed by atoms with Crippen molar-refractivity contribution in [3.63, 3.8) is 0 Å². The Kier molecular flexibility index (Phi) is 3.91. The van der Waals surface area contributed by atoms with Crippen molar-refractivity contribution in [2.45, 2.75) is 0 Å². The number of halogens is 2. The SMILES string of the molecule is N#Cc1ccc(NC(=O)c2nnc(Cl)s2)c(Br)c1. The Morgan fingerprint density at radius 1 is 1.50 bits per heavy atom. The van der Waals surface area contributed by atoms with Gasteiger partial charge in [0.2, 0.25) is 9.47 Å². The molecular weight excluding hydrogens is 340 g/mol. The first kappa shape index (κ1) is 13.0. The molecule has 90 valence electrons. The number of nitriles is 1. The van der Waals surface area contributed by atoms with Gasteiger partial charge in [-0.3, -0.25) is 4.79 Å². The lowest BCUT2D eigenvalue weighted by molar-refractivity contribution is 0.102. The highest BCUT2D eigenvalue weighted by atomic mass is 79.9. The molecule has 1 amide bonds. The van der Waals surface area contributed by atoms with Crippen molar-refractivity contribution in [2.75, 3.05) is 5.32 Å². The van der Waals surface area contributed by atoms with E-state index in [-0.39, 0.29) is 9.47 Å². The maximum atomic E-state index is 11.8. The number of nitrogens with one attached hydrogen (secondary N) is 1. The molecule has 0 spiro atoms. The van der Waals surface area contributed by atoms with Crippen LogP contribution >= 0.6 is 38.9 Å².